The molecule has 0 aliphatic heterocycles. The van der Waals surface area contributed by atoms with Gasteiger partial charge in [0.2, 0.25) is 0 Å². The van der Waals surface area contributed by atoms with Gasteiger partial charge >= 0.3 is 6.36 Å². The molecule has 0 saturated carbocycles. The zero-order chi connectivity index (χ0) is 24.8. The molecule has 0 aliphatic rings. The van der Waals surface area contributed by atoms with E-state index in [1.54, 1.807) is 24.3 Å². The van der Waals surface area contributed by atoms with Crippen LogP contribution in [0.25, 0.3) is 21.9 Å². The highest BCUT2D eigenvalue weighted by molar-refractivity contribution is 5.88. The normalized spacial score (nSPS) is 11.6. The molecular formula is C29H26F4O2. The summed E-state index contributed by atoms with van der Waals surface area (Å²) in [4.78, 5) is 0. The van der Waals surface area contributed by atoms with E-state index in [-0.39, 0.29) is 11.6 Å². The second kappa shape index (κ2) is 10.8. The van der Waals surface area contributed by atoms with Crippen molar-refractivity contribution in [3.8, 4) is 22.6 Å². The van der Waals surface area contributed by atoms with Crippen molar-refractivity contribution in [2.75, 3.05) is 6.61 Å². The topological polar surface area (TPSA) is 18.5 Å². The van der Waals surface area contributed by atoms with Crippen molar-refractivity contribution in [3.63, 3.8) is 0 Å². The number of unbranched alkanes of at least 4 members (excludes halogenated alkanes) is 1. The molecule has 182 valence electrons. The first-order chi connectivity index (χ1) is 16.8. The summed E-state index contributed by atoms with van der Waals surface area (Å²) in [6, 6.07) is 22.9. The minimum Gasteiger partial charge on any atom is -0.494 e. The van der Waals surface area contributed by atoms with Gasteiger partial charge in [-0.15, -0.1) is 13.2 Å². The van der Waals surface area contributed by atoms with Crippen molar-refractivity contribution >= 4 is 10.8 Å². The number of ether oxygens (including phenoxy) is 2. The lowest BCUT2D eigenvalue weighted by Crippen LogP contribution is -2.17. The van der Waals surface area contributed by atoms with E-state index in [1.807, 2.05) is 42.5 Å². The summed E-state index contributed by atoms with van der Waals surface area (Å²) in [5.41, 5.74) is 3.38. The molecule has 0 spiro atoms. The van der Waals surface area contributed by atoms with E-state index in [4.69, 9.17) is 4.74 Å². The van der Waals surface area contributed by atoms with Crippen LogP contribution in [-0.4, -0.2) is 13.0 Å². The minimum atomic E-state index is -4.72. The Balaban J connectivity index is 1.44. The second-order valence-electron chi connectivity index (χ2n) is 8.39. The number of benzene rings is 4. The molecular weight excluding hydrogens is 456 g/mol. The van der Waals surface area contributed by atoms with E-state index in [9.17, 15) is 13.2 Å². The molecule has 0 atom stereocenters. The van der Waals surface area contributed by atoms with Gasteiger partial charge in [0.05, 0.1) is 6.61 Å². The fourth-order valence-corrected chi connectivity index (χ4v) is 3.92. The molecule has 0 bridgehead atoms. The maximum Gasteiger partial charge on any atom is 0.573 e. The largest absolute Gasteiger partial charge is 0.573 e. The van der Waals surface area contributed by atoms with E-state index < -0.39 is 6.36 Å². The number of fused-ring (bicyclic) bond motifs is 1. The minimum absolute atomic E-state index is 0.271. The zero-order valence-electron chi connectivity index (χ0n) is 19.4. The summed E-state index contributed by atoms with van der Waals surface area (Å²) >= 11 is 0. The third-order valence-corrected chi connectivity index (χ3v) is 5.83. The SMILES string of the molecule is CCCCOc1ccc(-c2ccc3c(F)c(CCc4ccc(OC(F)(F)F)cc4)ccc3c2)cc1. The summed E-state index contributed by atoms with van der Waals surface area (Å²) in [6.07, 6.45) is -1.69. The molecule has 0 aromatic heterocycles. The fourth-order valence-electron chi connectivity index (χ4n) is 3.92. The molecule has 0 fully saturated rings. The fraction of sp³-hybridized carbons (Fsp3) is 0.241. The Bertz CT molecular complexity index is 1260. The third kappa shape index (κ3) is 6.53. The van der Waals surface area contributed by atoms with Gasteiger partial charge in [0.15, 0.2) is 0 Å². The first-order valence-corrected chi connectivity index (χ1v) is 11.6. The van der Waals surface area contributed by atoms with E-state index in [0.29, 0.717) is 30.4 Å². The van der Waals surface area contributed by atoms with Crippen molar-refractivity contribution in [3.05, 3.63) is 95.8 Å². The van der Waals surface area contributed by atoms with Gasteiger partial charge in [-0.05, 0) is 77.2 Å². The number of hydrogen-bond donors (Lipinski definition) is 0. The predicted molar refractivity (Wildman–Crippen MR) is 130 cm³/mol. The summed E-state index contributed by atoms with van der Waals surface area (Å²) in [6.45, 7) is 2.82. The van der Waals surface area contributed by atoms with E-state index in [1.165, 1.54) is 12.1 Å². The first-order valence-electron chi connectivity index (χ1n) is 11.6. The number of rotatable bonds is 9. The Labute approximate surface area is 202 Å². The van der Waals surface area contributed by atoms with Crippen LogP contribution >= 0.6 is 0 Å². The molecule has 0 heterocycles. The number of alkyl halides is 3. The lowest BCUT2D eigenvalue weighted by atomic mass is 9.97. The van der Waals surface area contributed by atoms with Gasteiger partial charge in [-0.2, -0.15) is 0 Å². The van der Waals surface area contributed by atoms with Crippen LogP contribution < -0.4 is 9.47 Å². The Morgan fingerprint density at radius 3 is 2.11 bits per heavy atom. The van der Waals surface area contributed by atoms with Gasteiger partial charge in [-0.3, -0.25) is 0 Å². The summed E-state index contributed by atoms with van der Waals surface area (Å²) < 4.78 is 61.7. The maximum atomic E-state index is 15.2. The van der Waals surface area contributed by atoms with Crippen molar-refractivity contribution in [1.82, 2.24) is 0 Å². The lowest BCUT2D eigenvalue weighted by Gasteiger charge is -2.11. The van der Waals surface area contributed by atoms with Crippen molar-refractivity contribution in [1.29, 1.82) is 0 Å². The first kappa shape index (κ1) is 24.6. The molecule has 4 aromatic carbocycles. The highest BCUT2D eigenvalue weighted by Crippen LogP contribution is 2.29. The van der Waals surface area contributed by atoms with Crippen LogP contribution in [0.3, 0.4) is 0 Å². The summed E-state index contributed by atoms with van der Waals surface area (Å²) in [5, 5.41) is 1.35. The second-order valence-corrected chi connectivity index (χ2v) is 8.39. The molecule has 6 heteroatoms. The number of halogens is 4. The summed E-state index contributed by atoms with van der Waals surface area (Å²) in [5.74, 6) is 0.291. The van der Waals surface area contributed by atoms with Crippen molar-refractivity contribution in [2.45, 2.75) is 39.0 Å². The van der Waals surface area contributed by atoms with E-state index in [0.717, 1.165) is 40.7 Å². The molecule has 35 heavy (non-hydrogen) atoms. The van der Waals surface area contributed by atoms with Crippen LogP contribution in [0, 0.1) is 5.82 Å². The van der Waals surface area contributed by atoms with Gasteiger partial charge in [0, 0.05) is 5.39 Å². The highest BCUT2D eigenvalue weighted by atomic mass is 19.4. The van der Waals surface area contributed by atoms with Gasteiger partial charge in [-0.25, -0.2) is 4.39 Å². The Kier molecular flexibility index (Phi) is 7.59. The monoisotopic (exact) mass is 482 g/mol. The molecule has 0 radical (unpaired) electrons. The number of aryl methyl sites for hydroxylation is 2. The van der Waals surface area contributed by atoms with Crippen LogP contribution in [0.15, 0.2) is 78.9 Å². The molecule has 0 unspecified atom stereocenters. The van der Waals surface area contributed by atoms with Crippen LogP contribution in [0.4, 0.5) is 17.6 Å². The van der Waals surface area contributed by atoms with Crippen molar-refractivity contribution in [2.24, 2.45) is 0 Å². The average molecular weight is 483 g/mol. The smallest absolute Gasteiger partial charge is 0.494 e. The van der Waals surface area contributed by atoms with Gasteiger partial charge < -0.3 is 9.47 Å². The van der Waals surface area contributed by atoms with Crippen LogP contribution in [0.2, 0.25) is 0 Å². The van der Waals surface area contributed by atoms with Crippen LogP contribution in [-0.2, 0) is 12.8 Å². The van der Waals surface area contributed by atoms with Crippen LogP contribution in [0.1, 0.15) is 30.9 Å². The highest BCUT2D eigenvalue weighted by Gasteiger charge is 2.30. The molecule has 0 amide bonds. The Morgan fingerprint density at radius 2 is 1.43 bits per heavy atom. The van der Waals surface area contributed by atoms with Crippen molar-refractivity contribution < 1.29 is 27.0 Å². The molecule has 0 N–H and O–H groups in total. The Hall–Kier alpha value is -3.54. The molecule has 0 saturated heterocycles. The quantitative estimate of drug-likeness (QED) is 0.176. The number of hydrogen-bond acceptors (Lipinski definition) is 2. The predicted octanol–water partition coefficient (Wildman–Crippen LogP) is 8.51. The van der Waals surface area contributed by atoms with Gasteiger partial charge in [0.1, 0.15) is 17.3 Å². The van der Waals surface area contributed by atoms with Crippen LogP contribution in [0.5, 0.6) is 11.5 Å². The molecule has 0 aliphatic carbocycles. The average Bonchev–Trinajstić information content (AvgIpc) is 2.84. The van der Waals surface area contributed by atoms with E-state index in [2.05, 4.69) is 11.7 Å². The van der Waals surface area contributed by atoms with E-state index >= 15 is 4.39 Å². The van der Waals surface area contributed by atoms with Gasteiger partial charge in [0.25, 0.3) is 0 Å². The third-order valence-electron chi connectivity index (χ3n) is 5.83. The standard InChI is InChI=1S/C29H26F4O2/c1-2-3-18-34-25-15-10-21(11-16-25)23-12-17-27-24(19-23)9-8-22(28(27)30)7-4-20-5-13-26(14-6-20)35-29(31,32)33/h5-6,8-17,19H,2-4,7,18H2,1H3. The molecule has 4 rings (SSSR count). The van der Waals surface area contributed by atoms with Gasteiger partial charge in [-0.1, -0.05) is 61.9 Å². The Morgan fingerprint density at radius 1 is 0.743 bits per heavy atom. The zero-order valence-corrected chi connectivity index (χ0v) is 19.4. The lowest BCUT2D eigenvalue weighted by molar-refractivity contribution is -0.274. The summed E-state index contributed by atoms with van der Waals surface area (Å²) in [7, 11) is 0. The molecule has 4 aromatic rings. The molecule has 2 nitrogen and oxygen atoms in total. The maximum absolute atomic E-state index is 15.2.